The highest BCUT2D eigenvalue weighted by molar-refractivity contribution is 6.30. The van der Waals surface area contributed by atoms with Gasteiger partial charge in [0.15, 0.2) is 0 Å². The van der Waals surface area contributed by atoms with E-state index in [-0.39, 0.29) is 5.82 Å². The van der Waals surface area contributed by atoms with Crippen molar-refractivity contribution in [2.24, 2.45) is 0 Å². The van der Waals surface area contributed by atoms with Gasteiger partial charge in [-0.3, -0.25) is 0 Å². The molecule has 4 aromatic rings. The molecule has 31 heavy (non-hydrogen) atoms. The first-order valence-corrected chi connectivity index (χ1v) is 10.2. The number of hydrogen-bond acceptors (Lipinski definition) is 4. The number of aromatic nitrogens is 3. The standard InChI is InChI=1S/C24H16ClFN4O/c25-15-11-9-14(10-12-15)23-20-21(17-6-2-4-8-19(17)31-23)29-24-27-13-28-30(24)22(20)16-5-1-3-7-18(16)26/h1-13,22-23H,(H,27,28,29)/t22-,23-/m1/s1. The van der Waals surface area contributed by atoms with Crippen molar-refractivity contribution in [2.75, 3.05) is 5.32 Å². The first kappa shape index (κ1) is 18.2. The van der Waals surface area contributed by atoms with Crippen LogP contribution < -0.4 is 10.1 Å². The average Bonchev–Trinajstić information content (AvgIpc) is 3.27. The Morgan fingerprint density at radius 1 is 0.968 bits per heavy atom. The molecule has 3 heterocycles. The summed E-state index contributed by atoms with van der Waals surface area (Å²) in [7, 11) is 0. The molecule has 0 saturated heterocycles. The van der Waals surface area contributed by atoms with Crippen LogP contribution in [0.3, 0.4) is 0 Å². The van der Waals surface area contributed by atoms with Gasteiger partial charge in [-0.05, 0) is 35.9 Å². The van der Waals surface area contributed by atoms with E-state index in [1.165, 1.54) is 12.4 Å². The van der Waals surface area contributed by atoms with E-state index >= 15 is 4.39 Å². The lowest BCUT2D eigenvalue weighted by Crippen LogP contribution is -2.32. The number of nitrogens with one attached hydrogen (secondary N) is 1. The molecule has 7 heteroatoms. The Balaban J connectivity index is 1.65. The fraction of sp³-hybridized carbons (Fsp3) is 0.0833. The van der Waals surface area contributed by atoms with E-state index in [0.29, 0.717) is 16.5 Å². The smallest absolute Gasteiger partial charge is 0.226 e. The molecule has 2 aliphatic rings. The van der Waals surface area contributed by atoms with Crippen molar-refractivity contribution < 1.29 is 9.13 Å². The third-order valence-electron chi connectivity index (χ3n) is 5.69. The van der Waals surface area contributed by atoms with E-state index in [9.17, 15) is 0 Å². The minimum Gasteiger partial charge on any atom is -0.480 e. The van der Waals surface area contributed by atoms with Gasteiger partial charge in [0.2, 0.25) is 5.95 Å². The summed E-state index contributed by atoms with van der Waals surface area (Å²) in [5, 5.41) is 8.46. The van der Waals surface area contributed by atoms with Crippen LogP contribution in [0.1, 0.15) is 28.8 Å². The molecule has 6 rings (SSSR count). The molecule has 0 fully saturated rings. The van der Waals surface area contributed by atoms with E-state index in [4.69, 9.17) is 16.3 Å². The van der Waals surface area contributed by atoms with Crippen LogP contribution in [0.2, 0.25) is 5.02 Å². The quantitative estimate of drug-likeness (QED) is 0.447. The molecular weight excluding hydrogens is 415 g/mol. The second kappa shape index (κ2) is 6.96. The first-order valence-electron chi connectivity index (χ1n) is 9.87. The van der Waals surface area contributed by atoms with Crippen LogP contribution in [0.15, 0.2) is 84.7 Å². The van der Waals surface area contributed by atoms with Crippen molar-refractivity contribution in [2.45, 2.75) is 12.1 Å². The summed E-state index contributed by atoms with van der Waals surface area (Å²) in [5.41, 5.74) is 4.04. The van der Waals surface area contributed by atoms with Crippen LogP contribution in [-0.2, 0) is 0 Å². The number of para-hydroxylation sites is 1. The Labute approximate surface area is 182 Å². The molecule has 1 aromatic heterocycles. The molecule has 0 aliphatic carbocycles. The average molecular weight is 431 g/mol. The van der Waals surface area contributed by atoms with Gasteiger partial charge in [-0.25, -0.2) is 9.07 Å². The third kappa shape index (κ3) is 2.83. The molecule has 0 spiro atoms. The van der Waals surface area contributed by atoms with Crippen LogP contribution in [0, 0.1) is 5.82 Å². The molecule has 3 aromatic carbocycles. The SMILES string of the molecule is Fc1ccccc1[C@@H]1C2=C(Nc3ncnn31)c1ccccc1O[C@@H]2c1ccc(Cl)cc1. The Bertz CT molecular complexity index is 1330. The molecule has 0 amide bonds. The summed E-state index contributed by atoms with van der Waals surface area (Å²) >= 11 is 6.13. The highest BCUT2D eigenvalue weighted by atomic mass is 35.5. The zero-order valence-corrected chi connectivity index (χ0v) is 16.9. The second-order valence-electron chi connectivity index (χ2n) is 7.45. The molecule has 0 bridgehead atoms. The largest absolute Gasteiger partial charge is 0.480 e. The molecule has 2 atom stereocenters. The molecule has 152 valence electrons. The summed E-state index contributed by atoms with van der Waals surface area (Å²) in [6.07, 6.45) is 1.01. The van der Waals surface area contributed by atoms with E-state index in [0.717, 1.165) is 28.1 Å². The summed E-state index contributed by atoms with van der Waals surface area (Å²) in [4.78, 5) is 4.36. The number of halogens is 2. The topological polar surface area (TPSA) is 52.0 Å². The van der Waals surface area contributed by atoms with Crippen LogP contribution >= 0.6 is 11.6 Å². The maximum atomic E-state index is 15.0. The van der Waals surface area contributed by atoms with Gasteiger partial charge in [0, 0.05) is 21.7 Å². The summed E-state index contributed by atoms with van der Waals surface area (Å²) < 4.78 is 23.2. The Kier molecular flexibility index (Phi) is 4.07. The van der Waals surface area contributed by atoms with Gasteiger partial charge in [0.1, 0.15) is 30.0 Å². The molecule has 2 aliphatic heterocycles. The lowest BCUT2D eigenvalue weighted by molar-refractivity contribution is 0.222. The predicted octanol–water partition coefficient (Wildman–Crippen LogP) is 5.63. The number of ether oxygens (including phenoxy) is 1. The van der Waals surface area contributed by atoms with Crippen molar-refractivity contribution in [1.29, 1.82) is 0 Å². The van der Waals surface area contributed by atoms with Crippen molar-refractivity contribution in [3.8, 4) is 5.75 Å². The van der Waals surface area contributed by atoms with Gasteiger partial charge < -0.3 is 10.1 Å². The maximum Gasteiger partial charge on any atom is 0.226 e. The zero-order chi connectivity index (χ0) is 20.9. The fourth-order valence-electron chi connectivity index (χ4n) is 4.33. The highest BCUT2D eigenvalue weighted by Crippen LogP contribution is 2.50. The van der Waals surface area contributed by atoms with Gasteiger partial charge in [-0.1, -0.05) is 54.1 Å². The normalized spacial score (nSPS) is 19.0. The summed E-state index contributed by atoms with van der Waals surface area (Å²) in [6.45, 7) is 0. The van der Waals surface area contributed by atoms with Crippen molar-refractivity contribution >= 4 is 23.2 Å². The highest BCUT2D eigenvalue weighted by Gasteiger charge is 2.41. The van der Waals surface area contributed by atoms with Crippen molar-refractivity contribution in [1.82, 2.24) is 14.8 Å². The Morgan fingerprint density at radius 3 is 2.58 bits per heavy atom. The van der Waals surface area contributed by atoms with E-state index in [1.807, 2.05) is 54.6 Å². The number of hydrogen-bond donors (Lipinski definition) is 1. The molecule has 0 unspecified atom stereocenters. The van der Waals surface area contributed by atoms with E-state index < -0.39 is 12.1 Å². The Morgan fingerprint density at radius 2 is 1.74 bits per heavy atom. The lowest BCUT2D eigenvalue weighted by Gasteiger charge is -2.39. The van der Waals surface area contributed by atoms with Gasteiger partial charge in [0.05, 0.1) is 5.70 Å². The molecular formula is C24H16ClFN4O. The van der Waals surface area contributed by atoms with Crippen LogP contribution in [0.25, 0.3) is 5.70 Å². The fourth-order valence-corrected chi connectivity index (χ4v) is 4.45. The van der Waals surface area contributed by atoms with Gasteiger partial charge in [-0.15, -0.1) is 0 Å². The lowest BCUT2D eigenvalue weighted by atomic mass is 9.84. The first-order chi connectivity index (χ1) is 15.2. The monoisotopic (exact) mass is 430 g/mol. The van der Waals surface area contributed by atoms with Gasteiger partial charge in [-0.2, -0.15) is 10.1 Å². The number of fused-ring (bicyclic) bond motifs is 3. The maximum absolute atomic E-state index is 15.0. The van der Waals surface area contributed by atoms with E-state index in [1.54, 1.807) is 16.8 Å². The second-order valence-corrected chi connectivity index (χ2v) is 7.89. The molecule has 1 N–H and O–H groups in total. The molecule has 5 nitrogen and oxygen atoms in total. The third-order valence-corrected chi connectivity index (χ3v) is 5.95. The minimum absolute atomic E-state index is 0.309. The summed E-state index contributed by atoms with van der Waals surface area (Å²) in [5.74, 6) is 0.990. The number of rotatable bonds is 2. The molecule has 0 radical (unpaired) electrons. The number of anilines is 1. The molecule has 0 saturated carbocycles. The van der Waals surface area contributed by atoms with Crippen molar-refractivity contribution in [3.63, 3.8) is 0 Å². The van der Waals surface area contributed by atoms with Crippen molar-refractivity contribution in [3.05, 3.63) is 112 Å². The van der Waals surface area contributed by atoms with Crippen LogP contribution in [0.5, 0.6) is 5.75 Å². The predicted molar refractivity (Wildman–Crippen MR) is 116 cm³/mol. The minimum atomic E-state index is -0.524. The number of nitrogens with zero attached hydrogens (tertiary/aromatic N) is 3. The van der Waals surface area contributed by atoms with E-state index in [2.05, 4.69) is 15.4 Å². The number of benzene rings is 3. The van der Waals surface area contributed by atoms with Gasteiger partial charge in [0.25, 0.3) is 0 Å². The van der Waals surface area contributed by atoms with Gasteiger partial charge >= 0.3 is 0 Å². The van der Waals surface area contributed by atoms with Crippen LogP contribution in [-0.4, -0.2) is 14.8 Å². The zero-order valence-electron chi connectivity index (χ0n) is 16.2. The summed E-state index contributed by atoms with van der Waals surface area (Å²) in [6, 6.07) is 21.5. The Hall–Kier alpha value is -3.64. The van der Waals surface area contributed by atoms with Crippen LogP contribution in [0.4, 0.5) is 10.3 Å².